The van der Waals surface area contributed by atoms with Crippen molar-refractivity contribution < 1.29 is 21.3 Å². The van der Waals surface area contributed by atoms with Crippen LogP contribution in [0, 0.1) is 0 Å². The Kier molecular flexibility index (Phi) is 8.19. The van der Waals surface area contributed by atoms with Crippen LogP contribution in [0.15, 0.2) is 143 Å². The number of allylic oxidation sites excluding steroid dienone is 4. The molecule has 0 bridgehead atoms. The first kappa shape index (κ1) is 31.0. The third-order valence-electron chi connectivity index (χ3n) is 9.77. The summed E-state index contributed by atoms with van der Waals surface area (Å²) in [6.45, 7) is 14.1. The zero-order chi connectivity index (χ0) is 32.1. The zero-order valence-corrected chi connectivity index (χ0v) is 30.5. The number of hydrogen-bond donors (Lipinski definition) is 0. The molecule has 0 nitrogen and oxygen atoms in total. The molecule has 0 spiro atoms. The van der Waals surface area contributed by atoms with Crippen LogP contribution >= 0.6 is 0 Å². The van der Waals surface area contributed by atoms with Crippen molar-refractivity contribution >= 4 is 8.78 Å². The van der Waals surface area contributed by atoms with E-state index in [2.05, 4.69) is 181 Å². The van der Waals surface area contributed by atoms with Crippen LogP contribution in [0.25, 0.3) is 16.7 Å². The maximum absolute atomic E-state index is 2.92. The van der Waals surface area contributed by atoms with Crippen molar-refractivity contribution in [2.45, 2.75) is 62.4 Å². The van der Waals surface area contributed by atoms with Gasteiger partial charge in [0.15, 0.2) is 0 Å². The summed E-state index contributed by atoms with van der Waals surface area (Å²) in [7, 11) is 0. The van der Waals surface area contributed by atoms with E-state index in [4.69, 9.17) is 0 Å². The van der Waals surface area contributed by atoms with Crippen LogP contribution in [0.4, 0.5) is 0 Å². The fraction of sp³-hybridized carbons (Fsp3) is 0.222. The number of fused-ring (bicyclic) bond motifs is 3. The minimum atomic E-state index is -2.92. The summed E-state index contributed by atoms with van der Waals surface area (Å²) < 4.78 is 3.66. The summed E-state index contributed by atoms with van der Waals surface area (Å²) in [6.07, 6.45) is 5.88. The monoisotopic (exact) mass is 674 g/mol. The molecule has 0 aromatic heterocycles. The number of rotatable bonds is 5. The van der Waals surface area contributed by atoms with E-state index in [0.717, 1.165) is 6.42 Å². The van der Waals surface area contributed by atoms with Crippen molar-refractivity contribution in [1.82, 2.24) is 0 Å². The van der Waals surface area contributed by atoms with E-state index in [9.17, 15) is 0 Å². The summed E-state index contributed by atoms with van der Waals surface area (Å²) in [5.74, 6) is 0. The molecule has 0 saturated heterocycles. The van der Waals surface area contributed by atoms with Crippen LogP contribution in [-0.2, 0) is 32.1 Å². The second kappa shape index (κ2) is 12.2. The molecule has 2 aliphatic rings. The molecule has 0 heterocycles. The molecule has 0 amide bonds. The molecule has 5 aromatic rings. The standard InChI is InChI=1S/C21H25.C13H10.C11H9.Zr/c1-20(2,3)16-7-9-18-14(12-16)11-15-13-17(21(4,5)6)8-10-19(15)18;1-3-7-12(8-4-1)11-13-9-5-2-6-10-13;1-2-6-10(7-3-1)11-8-4-5-9-11;/h7-13H,1-6H3;1-10H;1-4,6-8H,5H2;. The van der Waals surface area contributed by atoms with Gasteiger partial charge in [-0.15, -0.1) is 0 Å². The molecule has 2 aliphatic carbocycles. The van der Waals surface area contributed by atoms with Crippen LogP contribution in [0.3, 0.4) is 0 Å². The van der Waals surface area contributed by atoms with Crippen LogP contribution in [0.2, 0.25) is 0 Å². The van der Waals surface area contributed by atoms with Gasteiger partial charge >= 0.3 is 285 Å². The Morgan fingerprint density at radius 2 is 1.02 bits per heavy atom. The van der Waals surface area contributed by atoms with Gasteiger partial charge in [0.1, 0.15) is 0 Å². The molecule has 0 atom stereocenters. The van der Waals surface area contributed by atoms with Gasteiger partial charge in [0.05, 0.1) is 0 Å². The third kappa shape index (κ3) is 5.73. The van der Waals surface area contributed by atoms with Crippen LogP contribution < -0.4 is 0 Å². The zero-order valence-electron chi connectivity index (χ0n) is 28.1. The average molecular weight is 676 g/mol. The van der Waals surface area contributed by atoms with Crippen molar-refractivity contribution in [2.75, 3.05) is 0 Å². The molecule has 0 fully saturated rings. The Morgan fingerprint density at radius 1 is 0.565 bits per heavy atom. The molecule has 1 heteroatoms. The Morgan fingerprint density at radius 3 is 1.48 bits per heavy atom. The molecule has 0 radical (unpaired) electrons. The summed E-state index contributed by atoms with van der Waals surface area (Å²) in [5, 5.41) is 0. The predicted molar refractivity (Wildman–Crippen MR) is 194 cm³/mol. The average Bonchev–Trinajstić information content (AvgIpc) is 3.67. The number of hydrogen-bond acceptors (Lipinski definition) is 0. The van der Waals surface area contributed by atoms with Crippen molar-refractivity contribution in [1.29, 1.82) is 0 Å². The fourth-order valence-electron chi connectivity index (χ4n) is 7.31. The molecule has 0 unspecified atom stereocenters. The summed E-state index contributed by atoms with van der Waals surface area (Å²) >= 11 is -2.92. The van der Waals surface area contributed by atoms with E-state index in [1.807, 2.05) is 0 Å². The third-order valence-corrected chi connectivity index (χ3v) is 18.2. The van der Waals surface area contributed by atoms with Crippen LogP contribution in [-0.4, -0.2) is 3.21 Å². The summed E-state index contributed by atoms with van der Waals surface area (Å²) in [4.78, 5) is 0. The van der Waals surface area contributed by atoms with Gasteiger partial charge in [-0.2, -0.15) is 0 Å². The van der Waals surface area contributed by atoms with E-state index in [1.165, 1.54) is 44.5 Å². The molecule has 228 valence electrons. The molecular formula is C45H44Zr. The van der Waals surface area contributed by atoms with Crippen LogP contribution in [0.1, 0.15) is 90.5 Å². The summed E-state index contributed by atoms with van der Waals surface area (Å²) in [5.41, 5.74) is 14.5. The quantitative estimate of drug-likeness (QED) is 0.174. The summed E-state index contributed by atoms with van der Waals surface area (Å²) in [6, 6.07) is 48.7. The van der Waals surface area contributed by atoms with Gasteiger partial charge < -0.3 is 0 Å². The second-order valence-corrected chi connectivity index (χ2v) is 21.1. The van der Waals surface area contributed by atoms with E-state index in [0.29, 0.717) is 3.63 Å². The van der Waals surface area contributed by atoms with E-state index in [1.54, 1.807) is 17.6 Å². The minimum absolute atomic E-state index is 0.0727. The topological polar surface area (TPSA) is 0 Å². The predicted octanol–water partition coefficient (Wildman–Crippen LogP) is 11.6. The van der Waals surface area contributed by atoms with Crippen molar-refractivity contribution in [2.24, 2.45) is 0 Å². The van der Waals surface area contributed by atoms with E-state index in [-0.39, 0.29) is 10.8 Å². The van der Waals surface area contributed by atoms with Crippen LogP contribution in [0.5, 0.6) is 0 Å². The molecule has 0 N–H and O–H groups in total. The fourth-order valence-corrected chi connectivity index (χ4v) is 16.8. The van der Waals surface area contributed by atoms with Gasteiger partial charge in [0, 0.05) is 0 Å². The molecule has 7 rings (SSSR count). The molecule has 46 heavy (non-hydrogen) atoms. The Balaban J connectivity index is 1.65. The van der Waals surface area contributed by atoms with E-state index >= 15 is 0 Å². The molecule has 5 aromatic carbocycles. The molecule has 0 aliphatic heterocycles. The SMILES string of the molecule is CC(C)(C)c1ccc2c(c1)[CH]([Zr]([C]1=C(c3ccccc3)C=CC1)=[C](c1ccccc1)c1ccccc1)c1cc(C(C)(C)C)ccc1-2. The second-order valence-electron chi connectivity index (χ2n) is 14.9. The molecular weight excluding hydrogens is 632 g/mol. The van der Waals surface area contributed by atoms with Crippen molar-refractivity contribution in [3.8, 4) is 11.1 Å². The van der Waals surface area contributed by atoms with Crippen molar-refractivity contribution in [3.05, 3.63) is 182 Å². The maximum atomic E-state index is 2.59. The van der Waals surface area contributed by atoms with Crippen molar-refractivity contribution in [3.63, 3.8) is 0 Å². The van der Waals surface area contributed by atoms with Gasteiger partial charge in [-0.25, -0.2) is 0 Å². The Hall–Kier alpha value is -3.67. The first-order valence-electron chi connectivity index (χ1n) is 16.7. The van der Waals surface area contributed by atoms with Gasteiger partial charge in [0.25, 0.3) is 0 Å². The van der Waals surface area contributed by atoms with Gasteiger partial charge in [-0.1, -0.05) is 0 Å². The van der Waals surface area contributed by atoms with Gasteiger partial charge in [0.2, 0.25) is 0 Å². The first-order valence-corrected chi connectivity index (χ1v) is 20.6. The number of benzene rings is 5. The molecule has 0 saturated carbocycles. The van der Waals surface area contributed by atoms with Gasteiger partial charge in [-0.3, -0.25) is 0 Å². The van der Waals surface area contributed by atoms with E-state index < -0.39 is 21.3 Å². The Labute approximate surface area is 283 Å². The first-order chi connectivity index (χ1) is 22.1. The normalized spacial score (nSPS) is 14.4. The van der Waals surface area contributed by atoms with Gasteiger partial charge in [-0.05, 0) is 0 Å². The Bertz CT molecular complexity index is 1890.